The number of benzene rings is 3. The summed E-state index contributed by atoms with van der Waals surface area (Å²) in [5.74, 6) is 0.0934. The van der Waals surface area contributed by atoms with Gasteiger partial charge in [0.05, 0.1) is 60.2 Å². The number of rotatable bonds is 11. The molecule has 2 aliphatic heterocycles. The van der Waals surface area contributed by atoms with Gasteiger partial charge < -0.3 is 42.9 Å². The summed E-state index contributed by atoms with van der Waals surface area (Å²) in [6.07, 6.45) is 6.03. The number of carbonyl (C=O) groups excluding carboxylic acids is 3. The highest BCUT2D eigenvalue weighted by Crippen LogP contribution is 2.51. The number of hydrogen-bond acceptors (Lipinski definition) is 12. The van der Waals surface area contributed by atoms with Crippen molar-refractivity contribution >= 4 is 34.9 Å². The third-order valence-electron chi connectivity index (χ3n) is 11.5. The number of aromatic nitrogens is 1. The first-order valence-electron chi connectivity index (χ1n) is 20.6. The SMILES string of the molecule is C=C(C)C(=O)OC.C=CC=C.C=Cc1ccccc1.COC(=O)[C@H]1[C@H]2C[C@@H]3c4[nH]c5cc(OC)ccc5c4CCN3C[C@H]2C[C@@H](OC(=O)c2cc(OC)c(OC)c(OC)c2)[C@@H]1OC. The topological polar surface area (TPSA) is 144 Å². The molecule has 0 unspecified atom stereocenters. The molecule has 6 atom stereocenters. The first-order valence-corrected chi connectivity index (χ1v) is 20.6. The van der Waals surface area contributed by atoms with Gasteiger partial charge in [-0.25, -0.2) is 9.59 Å². The fraction of sp³-hybridized carbons (Fsp3) is 0.380. The fourth-order valence-corrected chi connectivity index (χ4v) is 8.53. The molecule has 63 heavy (non-hydrogen) atoms. The second-order valence-corrected chi connectivity index (χ2v) is 15.0. The third-order valence-corrected chi connectivity index (χ3v) is 11.5. The van der Waals surface area contributed by atoms with E-state index in [2.05, 4.69) is 47.0 Å². The Morgan fingerprint density at radius 2 is 1.48 bits per heavy atom. The molecule has 2 fully saturated rings. The van der Waals surface area contributed by atoms with Crippen LogP contribution in [0.15, 0.2) is 105 Å². The molecule has 0 bridgehead atoms. The Hall–Kier alpha value is -6.31. The predicted octanol–water partition coefficient (Wildman–Crippen LogP) is 8.59. The summed E-state index contributed by atoms with van der Waals surface area (Å²) < 4.78 is 43.4. The lowest BCUT2D eigenvalue weighted by atomic mass is 9.63. The van der Waals surface area contributed by atoms with Crippen LogP contribution in [0.5, 0.6) is 23.0 Å². The van der Waals surface area contributed by atoms with Crippen molar-refractivity contribution in [3.8, 4) is 23.0 Å². The van der Waals surface area contributed by atoms with E-state index in [0.29, 0.717) is 29.2 Å². The maximum absolute atomic E-state index is 13.5. The van der Waals surface area contributed by atoms with E-state index in [1.807, 2.05) is 48.5 Å². The monoisotopic (exact) mass is 866 g/mol. The van der Waals surface area contributed by atoms with Crippen LogP contribution in [0, 0.1) is 17.8 Å². The van der Waals surface area contributed by atoms with Crippen LogP contribution in [0.2, 0.25) is 0 Å². The van der Waals surface area contributed by atoms with Crippen LogP contribution >= 0.6 is 0 Å². The van der Waals surface area contributed by atoms with Gasteiger partial charge in [0, 0.05) is 48.4 Å². The Labute approximate surface area is 371 Å². The summed E-state index contributed by atoms with van der Waals surface area (Å²) in [4.78, 5) is 43.3. The Morgan fingerprint density at radius 3 is 1.97 bits per heavy atom. The highest BCUT2D eigenvalue weighted by atomic mass is 16.6. The number of nitrogens with zero attached hydrogens (tertiary/aromatic N) is 1. The number of ether oxygens (including phenoxy) is 8. The number of H-pyrrole nitrogens is 1. The van der Waals surface area contributed by atoms with Crippen molar-refractivity contribution in [3.63, 3.8) is 0 Å². The normalized spacial score (nSPS) is 20.5. The lowest BCUT2D eigenvalue weighted by Gasteiger charge is -2.52. The molecule has 3 aliphatic rings. The number of methoxy groups -OCH3 is 7. The number of esters is 3. The van der Waals surface area contributed by atoms with Gasteiger partial charge in [0.15, 0.2) is 11.5 Å². The number of hydrogen-bond donors (Lipinski definition) is 1. The highest BCUT2D eigenvalue weighted by Gasteiger charge is 2.54. The second kappa shape index (κ2) is 23.8. The highest BCUT2D eigenvalue weighted by molar-refractivity contribution is 5.91. The molecule has 13 heteroatoms. The minimum atomic E-state index is -0.670. The number of nitrogens with one attached hydrogen (secondary N) is 1. The summed E-state index contributed by atoms with van der Waals surface area (Å²) in [6, 6.07) is 19.4. The minimum absolute atomic E-state index is 0.0170. The van der Waals surface area contributed by atoms with E-state index < -0.39 is 24.1 Å². The van der Waals surface area contributed by atoms with Gasteiger partial charge in [0.1, 0.15) is 18.0 Å². The Kier molecular flexibility index (Phi) is 18.6. The van der Waals surface area contributed by atoms with Crippen LogP contribution in [-0.4, -0.2) is 103 Å². The molecule has 1 aliphatic carbocycles. The third kappa shape index (κ3) is 11.8. The zero-order valence-corrected chi connectivity index (χ0v) is 37.8. The number of fused-ring (bicyclic) bond motifs is 6. The van der Waals surface area contributed by atoms with E-state index in [1.54, 1.807) is 45.4 Å². The Balaban J connectivity index is 0.000000380. The van der Waals surface area contributed by atoms with Crippen molar-refractivity contribution in [2.24, 2.45) is 17.8 Å². The molecule has 7 rings (SSSR count). The maximum Gasteiger partial charge on any atom is 0.338 e. The largest absolute Gasteiger partial charge is 0.497 e. The molecule has 4 aromatic rings. The number of carbonyl (C=O) groups is 3. The van der Waals surface area contributed by atoms with E-state index in [1.165, 1.54) is 57.8 Å². The number of aromatic amines is 1. The van der Waals surface area contributed by atoms with Crippen LogP contribution in [0.3, 0.4) is 0 Å². The second-order valence-electron chi connectivity index (χ2n) is 15.0. The first-order chi connectivity index (χ1) is 30.4. The molecule has 1 aromatic heterocycles. The first kappa shape index (κ1) is 49.3. The molecule has 3 heterocycles. The van der Waals surface area contributed by atoms with Crippen molar-refractivity contribution < 1.29 is 52.3 Å². The zero-order chi connectivity index (χ0) is 46.2. The van der Waals surface area contributed by atoms with E-state index in [-0.39, 0.29) is 35.4 Å². The zero-order valence-electron chi connectivity index (χ0n) is 37.8. The van der Waals surface area contributed by atoms with Crippen molar-refractivity contribution in [2.75, 3.05) is 62.9 Å². The molecule has 338 valence electrons. The molecule has 13 nitrogen and oxygen atoms in total. The van der Waals surface area contributed by atoms with Crippen LogP contribution < -0.4 is 18.9 Å². The van der Waals surface area contributed by atoms with Crippen molar-refractivity contribution in [2.45, 2.75) is 44.4 Å². The molecule has 1 saturated heterocycles. The Morgan fingerprint density at radius 1 is 0.810 bits per heavy atom. The molecule has 0 spiro atoms. The van der Waals surface area contributed by atoms with Crippen LogP contribution in [0.25, 0.3) is 17.0 Å². The Bertz CT molecular complexity index is 2180. The molecule has 1 saturated carbocycles. The summed E-state index contributed by atoms with van der Waals surface area (Å²) in [5, 5.41) is 1.21. The lowest BCUT2D eigenvalue weighted by Crippen LogP contribution is -2.58. The van der Waals surface area contributed by atoms with Crippen molar-refractivity contribution in [1.82, 2.24) is 9.88 Å². The van der Waals surface area contributed by atoms with Gasteiger partial charge in [0.2, 0.25) is 5.75 Å². The van der Waals surface area contributed by atoms with Crippen LogP contribution in [0.4, 0.5) is 0 Å². The molecule has 1 N–H and O–H groups in total. The van der Waals surface area contributed by atoms with Crippen LogP contribution in [0.1, 0.15) is 53.0 Å². The molecular formula is C50H62N2O11. The molecule has 0 amide bonds. The average Bonchev–Trinajstić information content (AvgIpc) is 3.70. The maximum atomic E-state index is 13.5. The van der Waals surface area contributed by atoms with Gasteiger partial charge in [-0.15, -0.1) is 0 Å². The van der Waals surface area contributed by atoms with Crippen LogP contribution in [-0.2, 0) is 35.0 Å². The van der Waals surface area contributed by atoms with Gasteiger partial charge in [0.25, 0.3) is 0 Å². The van der Waals surface area contributed by atoms with E-state index in [0.717, 1.165) is 37.2 Å². The molecule has 0 radical (unpaired) electrons. The summed E-state index contributed by atoms with van der Waals surface area (Å²) in [6.45, 7) is 17.0. The number of piperidine rings is 1. The van der Waals surface area contributed by atoms with Crippen molar-refractivity contribution in [1.29, 1.82) is 0 Å². The van der Waals surface area contributed by atoms with E-state index in [4.69, 9.17) is 33.2 Å². The fourth-order valence-electron chi connectivity index (χ4n) is 8.53. The van der Waals surface area contributed by atoms with Crippen molar-refractivity contribution in [3.05, 3.63) is 127 Å². The van der Waals surface area contributed by atoms with E-state index in [9.17, 15) is 14.4 Å². The quantitative estimate of drug-likeness (QED) is 0.0668. The summed E-state index contributed by atoms with van der Waals surface area (Å²) in [5.41, 5.74) is 5.43. The number of allylic oxidation sites excluding steroid dienone is 2. The predicted molar refractivity (Wildman–Crippen MR) is 244 cm³/mol. The van der Waals surface area contributed by atoms with Gasteiger partial charge in [-0.2, -0.15) is 0 Å². The summed E-state index contributed by atoms with van der Waals surface area (Å²) in [7, 11) is 10.4. The van der Waals surface area contributed by atoms with Gasteiger partial charge in [-0.3, -0.25) is 9.69 Å². The smallest absolute Gasteiger partial charge is 0.338 e. The van der Waals surface area contributed by atoms with Gasteiger partial charge >= 0.3 is 17.9 Å². The van der Waals surface area contributed by atoms with Gasteiger partial charge in [-0.05, 0) is 73.4 Å². The lowest BCUT2D eigenvalue weighted by molar-refractivity contribution is -0.176. The average molecular weight is 867 g/mol. The van der Waals surface area contributed by atoms with Gasteiger partial charge in [-0.1, -0.05) is 74.9 Å². The molecular weight excluding hydrogens is 805 g/mol. The molecule has 3 aromatic carbocycles. The summed E-state index contributed by atoms with van der Waals surface area (Å²) >= 11 is 0. The van der Waals surface area contributed by atoms with E-state index >= 15 is 0 Å². The minimum Gasteiger partial charge on any atom is -0.497 e. The standard InChI is InChI=1S/C33H40N2O9.C8H8.C5H8O2.C4H6/c1-38-19-7-8-20-21-9-10-35-16-18-13-27(44-32(36)17-11-25(39-2)30(41-4)26(12-17)40-3)31(42-5)28(33(37)43-6)22(18)15-24(35)29(21)34-23(20)14-19;1-2-8-6-4-3-5-7-8;1-4(2)5(6)7-3;1-3-4-2/h7-8,11-12,14,18,22,24,27-28,31,34H,9-10,13,15-16H2,1-6H3;2-7H,1H2;1H2,2-3H3;3-4H,1-2H2/t18-,22+,24-,27-,28+,31+;;;/m1.../s1.